The van der Waals surface area contributed by atoms with Crippen LogP contribution in [0.2, 0.25) is 0 Å². The minimum absolute atomic E-state index is 0.163. The minimum Gasteiger partial charge on any atom is -0.349 e. The molecule has 1 aliphatic heterocycles. The number of nitrogens with one attached hydrogen (secondary N) is 3. The summed E-state index contributed by atoms with van der Waals surface area (Å²) >= 11 is 0. The highest BCUT2D eigenvalue weighted by Crippen LogP contribution is 2.21. The second-order valence-electron chi connectivity index (χ2n) is 6.61. The standard InChI is InChI=1S/C19H22N6O/c1-12-15(14-5-6-20-9-13(14)10-21-12)11-22-19(26)17-8-16(23-24-17)18-4-3-7-25(18)2/h3-4,7-8,10,20H,5-6,9,11H2,1-2H3,(H,22,26)(H,23,24). The molecule has 0 fully saturated rings. The van der Waals surface area contributed by atoms with Gasteiger partial charge in [0.2, 0.25) is 0 Å². The molecule has 26 heavy (non-hydrogen) atoms. The van der Waals surface area contributed by atoms with Gasteiger partial charge in [0.25, 0.3) is 5.91 Å². The molecule has 0 bridgehead atoms. The molecule has 0 spiro atoms. The maximum Gasteiger partial charge on any atom is 0.269 e. The second-order valence-corrected chi connectivity index (χ2v) is 6.61. The van der Waals surface area contributed by atoms with Crippen LogP contribution in [-0.2, 0) is 26.6 Å². The summed E-state index contributed by atoms with van der Waals surface area (Å²) in [6.07, 6.45) is 4.85. The number of fused-ring (bicyclic) bond motifs is 1. The molecule has 1 aliphatic rings. The van der Waals surface area contributed by atoms with Crippen LogP contribution in [0.3, 0.4) is 0 Å². The molecule has 0 saturated heterocycles. The van der Waals surface area contributed by atoms with Crippen molar-refractivity contribution in [3.05, 3.63) is 58.7 Å². The molecule has 0 radical (unpaired) electrons. The van der Waals surface area contributed by atoms with Gasteiger partial charge < -0.3 is 15.2 Å². The van der Waals surface area contributed by atoms with Gasteiger partial charge in [-0.2, -0.15) is 5.10 Å². The quantitative estimate of drug-likeness (QED) is 0.668. The van der Waals surface area contributed by atoms with Crippen LogP contribution in [0, 0.1) is 6.92 Å². The normalized spacial score (nSPS) is 13.5. The summed E-state index contributed by atoms with van der Waals surface area (Å²) in [5.74, 6) is -0.163. The molecule has 3 aromatic heterocycles. The molecule has 3 aromatic rings. The van der Waals surface area contributed by atoms with Gasteiger partial charge in [-0.05, 0) is 54.8 Å². The molecular formula is C19H22N6O. The largest absolute Gasteiger partial charge is 0.349 e. The van der Waals surface area contributed by atoms with Crippen LogP contribution >= 0.6 is 0 Å². The van der Waals surface area contributed by atoms with Gasteiger partial charge in [-0.1, -0.05) is 0 Å². The van der Waals surface area contributed by atoms with Gasteiger partial charge >= 0.3 is 0 Å². The van der Waals surface area contributed by atoms with Crippen LogP contribution in [0.5, 0.6) is 0 Å². The maximum atomic E-state index is 12.5. The fourth-order valence-corrected chi connectivity index (χ4v) is 3.44. The summed E-state index contributed by atoms with van der Waals surface area (Å²) in [6, 6.07) is 5.70. The number of rotatable bonds is 4. The van der Waals surface area contributed by atoms with Crippen LogP contribution in [0.25, 0.3) is 11.4 Å². The Labute approximate surface area is 151 Å². The number of nitrogens with zero attached hydrogens (tertiary/aromatic N) is 3. The second kappa shape index (κ2) is 6.76. The summed E-state index contributed by atoms with van der Waals surface area (Å²) in [5, 5.41) is 13.4. The molecule has 7 nitrogen and oxygen atoms in total. The first-order valence-electron chi connectivity index (χ1n) is 8.75. The van der Waals surface area contributed by atoms with Crippen molar-refractivity contribution in [2.75, 3.05) is 6.54 Å². The summed E-state index contributed by atoms with van der Waals surface area (Å²) in [7, 11) is 1.95. The van der Waals surface area contributed by atoms with Gasteiger partial charge in [0.15, 0.2) is 0 Å². The molecule has 0 atom stereocenters. The topological polar surface area (TPSA) is 87.6 Å². The molecule has 0 aromatic carbocycles. The number of hydrogen-bond acceptors (Lipinski definition) is 4. The summed E-state index contributed by atoms with van der Waals surface area (Å²) in [5.41, 5.74) is 6.80. The van der Waals surface area contributed by atoms with Crippen LogP contribution in [0.1, 0.15) is 32.9 Å². The third-order valence-electron chi connectivity index (χ3n) is 4.92. The van der Waals surface area contributed by atoms with E-state index in [2.05, 4.69) is 25.8 Å². The Morgan fingerprint density at radius 3 is 3.12 bits per heavy atom. The Hall–Kier alpha value is -2.93. The smallest absolute Gasteiger partial charge is 0.269 e. The van der Waals surface area contributed by atoms with E-state index in [1.807, 2.05) is 43.1 Å². The lowest BCUT2D eigenvalue weighted by molar-refractivity contribution is 0.0945. The molecular weight excluding hydrogens is 328 g/mol. The highest BCUT2D eigenvalue weighted by molar-refractivity contribution is 5.93. The number of aryl methyl sites for hydroxylation is 2. The lowest BCUT2D eigenvalue weighted by atomic mass is 9.96. The predicted octanol–water partition coefficient (Wildman–Crippen LogP) is 1.69. The van der Waals surface area contributed by atoms with E-state index in [4.69, 9.17) is 0 Å². The number of carbonyl (C=O) groups excluding carboxylic acids is 1. The number of aromatic nitrogens is 4. The van der Waals surface area contributed by atoms with E-state index in [0.717, 1.165) is 42.2 Å². The SMILES string of the molecule is Cc1ncc2c(c1CNC(=O)c1cc(-c3cccn3C)n[nH]1)CCNC2. The van der Waals surface area contributed by atoms with E-state index in [9.17, 15) is 4.79 Å². The van der Waals surface area contributed by atoms with Crippen molar-refractivity contribution in [2.45, 2.75) is 26.4 Å². The summed E-state index contributed by atoms with van der Waals surface area (Å²) < 4.78 is 1.97. The lowest BCUT2D eigenvalue weighted by Crippen LogP contribution is -2.29. The average molecular weight is 350 g/mol. The van der Waals surface area contributed by atoms with Crippen LogP contribution in [-0.4, -0.2) is 32.2 Å². The fourth-order valence-electron chi connectivity index (χ4n) is 3.44. The van der Waals surface area contributed by atoms with Gasteiger partial charge in [-0.15, -0.1) is 0 Å². The summed E-state index contributed by atoms with van der Waals surface area (Å²) in [4.78, 5) is 17.0. The van der Waals surface area contributed by atoms with Crippen molar-refractivity contribution in [3.63, 3.8) is 0 Å². The molecule has 0 saturated carbocycles. The van der Waals surface area contributed by atoms with E-state index in [1.54, 1.807) is 6.07 Å². The molecule has 0 aliphatic carbocycles. The van der Waals surface area contributed by atoms with Crippen LogP contribution < -0.4 is 10.6 Å². The molecule has 7 heteroatoms. The van der Waals surface area contributed by atoms with Gasteiger partial charge in [-0.3, -0.25) is 14.9 Å². The lowest BCUT2D eigenvalue weighted by Gasteiger charge is -2.21. The maximum absolute atomic E-state index is 12.5. The van der Waals surface area contributed by atoms with Crippen LogP contribution in [0.15, 0.2) is 30.6 Å². The third-order valence-corrected chi connectivity index (χ3v) is 4.92. The van der Waals surface area contributed by atoms with E-state index < -0.39 is 0 Å². The predicted molar refractivity (Wildman–Crippen MR) is 98.5 cm³/mol. The Morgan fingerprint density at radius 1 is 1.42 bits per heavy atom. The van der Waals surface area contributed by atoms with Crippen molar-refractivity contribution in [3.8, 4) is 11.4 Å². The zero-order valence-electron chi connectivity index (χ0n) is 15.0. The summed E-state index contributed by atoms with van der Waals surface area (Å²) in [6.45, 7) is 4.26. The molecule has 134 valence electrons. The zero-order valence-corrected chi connectivity index (χ0v) is 15.0. The minimum atomic E-state index is -0.163. The number of aromatic amines is 1. The Bertz CT molecular complexity index is 955. The van der Waals surface area contributed by atoms with Crippen molar-refractivity contribution >= 4 is 5.91 Å². The molecule has 4 rings (SSSR count). The number of amides is 1. The number of carbonyl (C=O) groups is 1. The fraction of sp³-hybridized carbons (Fsp3) is 0.316. The van der Waals surface area contributed by atoms with Gasteiger partial charge in [0.1, 0.15) is 11.4 Å². The Kier molecular flexibility index (Phi) is 4.30. The van der Waals surface area contributed by atoms with E-state index in [0.29, 0.717) is 12.2 Å². The Balaban J connectivity index is 1.50. The highest BCUT2D eigenvalue weighted by atomic mass is 16.1. The molecule has 3 N–H and O–H groups in total. The van der Waals surface area contributed by atoms with E-state index >= 15 is 0 Å². The highest BCUT2D eigenvalue weighted by Gasteiger charge is 2.17. The average Bonchev–Trinajstić information content (AvgIpc) is 3.29. The van der Waals surface area contributed by atoms with Gasteiger partial charge in [-0.25, -0.2) is 0 Å². The van der Waals surface area contributed by atoms with Crippen molar-refractivity contribution < 1.29 is 4.79 Å². The van der Waals surface area contributed by atoms with E-state index in [-0.39, 0.29) is 5.91 Å². The zero-order chi connectivity index (χ0) is 18.1. The molecule has 1 amide bonds. The van der Waals surface area contributed by atoms with Crippen molar-refractivity contribution in [1.29, 1.82) is 0 Å². The Morgan fingerprint density at radius 2 is 2.31 bits per heavy atom. The first-order valence-corrected chi connectivity index (χ1v) is 8.75. The van der Waals surface area contributed by atoms with E-state index in [1.165, 1.54) is 11.1 Å². The number of pyridine rings is 1. The third kappa shape index (κ3) is 3.01. The first kappa shape index (κ1) is 16.5. The molecule has 0 unspecified atom stereocenters. The van der Waals surface area contributed by atoms with Crippen molar-refractivity contribution in [1.82, 2.24) is 30.4 Å². The van der Waals surface area contributed by atoms with Gasteiger partial charge in [0.05, 0.1) is 5.69 Å². The van der Waals surface area contributed by atoms with Gasteiger partial charge in [0, 0.05) is 38.2 Å². The first-order chi connectivity index (χ1) is 12.6. The molecule has 4 heterocycles. The monoisotopic (exact) mass is 350 g/mol. The number of hydrogen-bond donors (Lipinski definition) is 3. The van der Waals surface area contributed by atoms with Crippen LogP contribution in [0.4, 0.5) is 0 Å². The number of H-pyrrole nitrogens is 1. The van der Waals surface area contributed by atoms with Crippen molar-refractivity contribution in [2.24, 2.45) is 7.05 Å².